The molecule has 8 nitrogen and oxygen atoms in total. The Bertz CT molecular complexity index is 1520. The highest BCUT2D eigenvalue weighted by Gasteiger charge is 2.76. The molecule has 2 heterocycles. The fourth-order valence-electron chi connectivity index (χ4n) is 6.87. The van der Waals surface area contributed by atoms with Crippen molar-refractivity contribution in [3.63, 3.8) is 0 Å². The molecule has 3 fully saturated rings. The van der Waals surface area contributed by atoms with Gasteiger partial charge in [-0.1, -0.05) is 57.4 Å². The number of likely N-dealkylation sites (tertiary alicyclic amines) is 1. The number of phenols is 1. The van der Waals surface area contributed by atoms with Gasteiger partial charge in [0, 0.05) is 5.92 Å². The van der Waals surface area contributed by atoms with E-state index >= 15 is 0 Å². The van der Waals surface area contributed by atoms with Crippen molar-refractivity contribution < 1.29 is 29.0 Å². The minimum atomic E-state index is -1.98. The van der Waals surface area contributed by atoms with Crippen molar-refractivity contribution >= 4 is 80.0 Å². The number of methoxy groups -OCH3 is 1. The lowest BCUT2D eigenvalue weighted by Gasteiger charge is -2.50. The quantitative estimate of drug-likeness (QED) is 0.214. The SMILES string of the molecule is COc1cc([C@H]2C3=CC[C@@H]4C(=O)N(c5ccccc5)C(=O)[C@@H]4[C@@H]3C[C@@]3(Cl)C(=O)N(CBr)C(=O)[C@@]23Cl)cc(Cl)c1O. The molecule has 2 aromatic carbocycles. The number of carbonyl (C=O) groups is 4. The first-order chi connectivity index (χ1) is 19.0. The van der Waals surface area contributed by atoms with Gasteiger partial charge in [-0.25, -0.2) is 0 Å². The third-order valence-electron chi connectivity index (χ3n) is 8.63. The van der Waals surface area contributed by atoms with Crippen LogP contribution in [0.15, 0.2) is 54.1 Å². The van der Waals surface area contributed by atoms with Crippen molar-refractivity contribution in [3.05, 3.63) is 64.7 Å². The number of phenolic OH excluding ortho intramolecular Hbond substituents is 1. The Kier molecular flexibility index (Phi) is 6.53. The summed E-state index contributed by atoms with van der Waals surface area (Å²) in [5, 5.41) is 10.3. The molecule has 2 aliphatic carbocycles. The van der Waals surface area contributed by atoms with Crippen LogP contribution in [-0.2, 0) is 19.2 Å². The first-order valence-electron chi connectivity index (χ1n) is 12.5. The number of fused-ring (bicyclic) bond motifs is 4. The molecule has 1 N–H and O–H groups in total. The van der Waals surface area contributed by atoms with E-state index in [1.807, 2.05) is 6.08 Å². The predicted octanol–water partition coefficient (Wildman–Crippen LogP) is 4.97. The Morgan fingerprint density at radius 1 is 1.05 bits per heavy atom. The number of allylic oxidation sites excluding steroid dienone is 2. The minimum absolute atomic E-state index is 0.0378. The van der Waals surface area contributed by atoms with Gasteiger partial charge < -0.3 is 9.84 Å². The zero-order valence-electron chi connectivity index (χ0n) is 20.9. The summed E-state index contributed by atoms with van der Waals surface area (Å²) in [6.07, 6.45) is 1.94. The fraction of sp³-hybridized carbons (Fsp3) is 0.357. The number of rotatable bonds is 4. The van der Waals surface area contributed by atoms with Gasteiger partial charge in [0.2, 0.25) is 11.8 Å². The summed E-state index contributed by atoms with van der Waals surface area (Å²) >= 11 is 24.0. The second-order valence-corrected chi connectivity index (χ2v) is 12.5. The monoisotopic (exact) mass is 666 g/mol. The van der Waals surface area contributed by atoms with Crippen molar-refractivity contribution in [2.24, 2.45) is 17.8 Å². The third kappa shape index (κ3) is 3.44. The van der Waals surface area contributed by atoms with E-state index < -0.39 is 51.1 Å². The lowest BCUT2D eigenvalue weighted by atomic mass is 9.56. The lowest BCUT2D eigenvalue weighted by Crippen LogP contribution is -2.60. The highest BCUT2D eigenvalue weighted by atomic mass is 79.9. The second-order valence-electron chi connectivity index (χ2n) is 10.4. The van der Waals surface area contributed by atoms with Gasteiger partial charge >= 0.3 is 0 Å². The number of aromatic hydroxyl groups is 1. The van der Waals surface area contributed by atoms with Crippen LogP contribution >= 0.6 is 50.7 Å². The summed E-state index contributed by atoms with van der Waals surface area (Å²) in [4.78, 5) is 53.3. The van der Waals surface area contributed by atoms with Gasteiger partial charge in [-0.15, -0.1) is 23.2 Å². The molecule has 2 saturated heterocycles. The smallest absolute Gasteiger partial charge is 0.254 e. The van der Waals surface area contributed by atoms with Gasteiger partial charge in [-0.2, -0.15) is 0 Å². The normalized spacial score (nSPS) is 33.1. The van der Waals surface area contributed by atoms with Crippen LogP contribution in [0.25, 0.3) is 0 Å². The van der Waals surface area contributed by atoms with Crippen molar-refractivity contribution in [2.75, 3.05) is 17.5 Å². The molecular weight excluding hydrogens is 647 g/mol. The summed E-state index contributed by atoms with van der Waals surface area (Å²) in [7, 11) is 1.35. The number of amides is 4. The standard InChI is InChI=1S/C28H22BrCl3N2O6/c1-40-19-10-13(9-18(30)22(19)35)21-15-7-8-16-20(24(37)34(23(16)36)14-5-3-2-4-6-14)17(15)11-27(31)25(38)33(12-29)26(39)28(21,27)32/h2-7,9-10,16-17,20-21,35H,8,11-12H2,1H3/t16-,17+,20-,21-,27+,28-/m0/s1. The lowest BCUT2D eigenvalue weighted by molar-refractivity contribution is -0.138. The Morgan fingerprint density at radius 3 is 2.40 bits per heavy atom. The number of imide groups is 2. The number of hydrogen-bond donors (Lipinski definition) is 1. The Hall–Kier alpha value is -2.59. The molecule has 12 heteroatoms. The Balaban J connectivity index is 1.55. The molecule has 4 aliphatic rings. The zero-order chi connectivity index (χ0) is 28.7. The molecule has 40 heavy (non-hydrogen) atoms. The molecule has 0 unspecified atom stereocenters. The van der Waals surface area contributed by atoms with Gasteiger partial charge in [-0.05, 0) is 48.6 Å². The van der Waals surface area contributed by atoms with E-state index in [0.29, 0.717) is 16.8 Å². The number of para-hydroxylation sites is 1. The van der Waals surface area contributed by atoms with Crippen molar-refractivity contribution in [1.29, 1.82) is 0 Å². The summed E-state index contributed by atoms with van der Waals surface area (Å²) < 4.78 is 5.31. The number of anilines is 1. The van der Waals surface area contributed by atoms with Crippen LogP contribution in [0.5, 0.6) is 11.5 Å². The molecule has 0 aromatic heterocycles. The van der Waals surface area contributed by atoms with Gasteiger partial charge in [-0.3, -0.25) is 29.0 Å². The minimum Gasteiger partial charge on any atom is -0.503 e. The molecule has 4 amide bonds. The van der Waals surface area contributed by atoms with E-state index in [4.69, 9.17) is 39.5 Å². The fourth-order valence-corrected chi connectivity index (χ4v) is 8.52. The highest BCUT2D eigenvalue weighted by molar-refractivity contribution is 9.09. The van der Waals surface area contributed by atoms with E-state index in [0.717, 1.165) is 4.90 Å². The topological polar surface area (TPSA) is 104 Å². The van der Waals surface area contributed by atoms with Gasteiger partial charge in [0.05, 0.1) is 35.1 Å². The van der Waals surface area contributed by atoms with Crippen molar-refractivity contribution in [1.82, 2.24) is 4.90 Å². The summed E-state index contributed by atoms with van der Waals surface area (Å²) in [5.41, 5.74) is 1.32. The summed E-state index contributed by atoms with van der Waals surface area (Å²) in [6, 6.07) is 11.6. The molecule has 0 spiro atoms. The molecule has 0 bridgehead atoms. The number of nitrogens with zero attached hydrogens (tertiary/aromatic N) is 2. The number of carbonyl (C=O) groups excluding carboxylic acids is 4. The average Bonchev–Trinajstić information content (AvgIpc) is 3.28. The van der Waals surface area contributed by atoms with Gasteiger partial charge in [0.15, 0.2) is 21.2 Å². The van der Waals surface area contributed by atoms with E-state index in [1.165, 1.54) is 24.1 Å². The van der Waals surface area contributed by atoms with Crippen LogP contribution in [0.3, 0.4) is 0 Å². The number of alkyl halides is 3. The van der Waals surface area contributed by atoms with Crippen molar-refractivity contribution in [2.45, 2.75) is 28.5 Å². The largest absolute Gasteiger partial charge is 0.503 e. The predicted molar refractivity (Wildman–Crippen MR) is 152 cm³/mol. The molecule has 0 radical (unpaired) electrons. The number of hydrogen-bond acceptors (Lipinski definition) is 6. The van der Waals surface area contributed by atoms with Gasteiger partial charge in [0.1, 0.15) is 0 Å². The first-order valence-corrected chi connectivity index (χ1v) is 14.8. The maximum absolute atomic E-state index is 13.9. The number of benzene rings is 2. The van der Waals surface area contributed by atoms with Crippen molar-refractivity contribution in [3.8, 4) is 11.5 Å². The molecule has 6 atom stereocenters. The summed E-state index contributed by atoms with van der Waals surface area (Å²) in [5.74, 6) is -5.55. The van der Waals surface area contributed by atoms with E-state index in [1.54, 1.807) is 30.3 Å². The number of ether oxygens (including phenoxy) is 1. The maximum Gasteiger partial charge on any atom is 0.254 e. The molecular formula is C28H22BrCl3N2O6. The number of halogens is 4. The first kappa shape index (κ1) is 27.6. The average molecular weight is 669 g/mol. The molecule has 2 aliphatic heterocycles. The third-order valence-corrected chi connectivity index (χ3v) is 10.8. The van der Waals surface area contributed by atoms with Gasteiger partial charge in [0.25, 0.3) is 11.8 Å². The molecule has 6 rings (SSSR count). The molecule has 208 valence electrons. The van der Waals surface area contributed by atoms with Crippen LogP contribution in [-0.4, -0.2) is 55.9 Å². The van der Waals surface area contributed by atoms with Crippen LogP contribution < -0.4 is 9.64 Å². The van der Waals surface area contributed by atoms with Crippen LogP contribution in [0.2, 0.25) is 5.02 Å². The van der Waals surface area contributed by atoms with Crippen LogP contribution in [0.4, 0.5) is 5.69 Å². The van der Waals surface area contributed by atoms with E-state index in [2.05, 4.69) is 15.9 Å². The van der Waals surface area contributed by atoms with E-state index in [9.17, 15) is 24.3 Å². The molecule has 2 aromatic rings. The Labute approximate surface area is 252 Å². The zero-order valence-corrected chi connectivity index (χ0v) is 24.8. The van der Waals surface area contributed by atoms with Crippen LogP contribution in [0.1, 0.15) is 24.3 Å². The summed E-state index contributed by atoms with van der Waals surface area (Å²) in [6.45, 7) is 0. The second kappa shape index (κ2) is 9.48. The highest BCUT2D eigenvalue weighted by Crippen LogP contribution is 2.66. The molecule has 1 saturated carbocycles. The van der Waals surface area contributed by atoms with Crippen LogP contribution in [0, 0.1) is 17.8 Å². The Morgan fingerprint density at radius 2 is 1.75 bits per heavy atom. The maximum atomic E-state index is 13.9. The van der Waals surface area contributed by atoms with E-state index in [-0.39, 0.29) is 40.7 Å².